The Labute approximate surface area is 132 Å². The summed E-state index contributed by atoms with van der Waals surface area (Å²) >= 11 is 0. The van der Waals surface area contributed by atoms with E-state index in [1.807, 2.05) is 10.6 Å². The Morgan fingerprint density at radius 1 is 1.17 bits per heavy atom. The molecule has 0 radical (unpaired) electrons. The molecule has 3 heterocycles. The number of morpholine rings is 1. The molecule has 118 valence electrons. The number of halogens is 1. The van der Waals surface area contributed by atoms with Crippen molar-refractivity contribution < 1.29 is 9.13 Å². The Morgan fingerprint density at radius 3 is 2.83 bits per heavy atom. The molecule has 1 aliphatic rings. The summed E-state index contributed by atoms with van der Waals surface area (Å²) in [5.74, 6) is 1.15. The van der Waals surface area contributed by atoms with Crippen LogP contribution in [0.4, 0.5) is 15.9 Å². The summed E-state index contributed by atoms with van der Waals surface area (Å²) in [6, 6.07) is 6.24. The van der Waals surface area contributed by atoms with Crippen LogP contribution in [-0.4, -0.2) is 40.7 Å². The van der Waals surface area contributed by atoms with E-state index in [9.17, 15) is 4.39 Å². The fourth-order valence-electron chi connectivity index (χ4n) is 2.77. The van der Waals surface area contributed by atoms with Crippen molar-refractivity contribution >= 4 is 17.3 Å². The molecule has 4 rings (SSSR count). The van der Waals surface area contributed by atoms with Crippen LogP contribution in [0, 0.1) is 5.82 Å². The number of benzene rings is 1. The fraction of sp³-hybridized carbons (Fsp3) is 0.250. The molecule has 2 N–H and O–H groups in total. The lowest BCUT2D eigenvalue weighted by molar-refractivity contribution is 0.122. The largest absolute Gasteiger partial charge is 0.399 e. The lowest BCUT2D eigenvalue weighted by Gasteiger charge is -2.27. The van der Waals surface area contributed by atoms with Gasteiger partial charge in [-0.25, -0.2) is 14.4 Å². The van der Waals surface area contributed by atoms with Gasteiger partial charge in [-0.2, -0.15) is 0 Å². The van der Waals surface area contributed by atoms with Crippen molar-refractivity contribution in [2.45, 2.75) is 0 Å². The highest BCUT2D eigenvalue weighted by molar-refractivity contribution is 5.66. The van der Waals surface area contributed by atoms with Gasteiger partial charge in [0, 0.05) is 30.5 Å². The molecule has 23 heavy (non-hydrogen) atoms. The van der Waals surface area contributed by atoms with Gasteiger partial charge in [0.2, 0.25) is 5.78 Å². The zero-order valence-electron chi connectivity index (χ0n) is 12.4. The molecule has 3 aromatic rings. The zero-order valence-corrected chi connectivity index (χ0v) is 12.4. The second kappa shape index (κ2) is 5.51. The van der Waals surface area contributed by atoms with E-state index in [2.05, 4.69) is 14.9 Å². The smallest absolute Gasteiger partial charge is 0.235 e. The molecule has 0 spiro atoms. The molecule has 7 heteroatoms. The van der Waals surface area contributed by atoms with E-state index in [-0.39, 0.29) is 5.82 Å². The van der Waals surface area contributed by atoms with E-state index < -0.39 is 0 Å². The van der Waals surface area contributed by atoms with Crippen molar-refractivity contribution in [1.29, 1.82) is 0 Å². The first-order chi connectivity index (χ1) is 11.2. The van der Waals surface area contributed by atoms with E-state index in [4.69, 9.17) is 10.5 Å². The summed E-state index contributed by atoms with van der Waals surface area (Å²) in [5, 5.41) is 0. The normalized spacial score (nSPS) is 15.3. The minimum Gasteiger partial charge on any atom is -0.399 e. The standard InChI is InChI=1S/C16H16FN5O/c17-13-2-1-11(18)9-12(13)14-3-4-22-15(10-19-16(22)20-14)21-5-7-23-8-6-21/h1-4,9-10H,5-8,18H2. The molecule has 1 saturated heterocycles. The summed E-state index contributed by atoms with van der Waals surface area (Å²) < 4.78 is 21.3. The molecule has 2 aromatic heterocycles. The molecule has 0 bridgehead atoms. The Hall–Kier alpha value is -2.67. The first-order valence-corrected chi connectivity index (χ1v) is 7.44. The number of nitrogens with zero attached hydrogens (tertiary/aromatic N) is 4. The number of nitrogen functional groups attached to an aromatic ring is 1. The minimum atomic E-state index is -0.351. The van der Waals surface area contributed by atoms with Crippen LogP contribution in [0.15, 0.2) is 36.7 Å². The summed E-state index contributed by atoms with van der Waals surface area (Å²) in [5.41, 5.74) is 7.14. The number of anilines is 2. The number of aromatic nitrogens is 3. The molecule has 0 saturated carbocycles. The molecule has 0 aliphatic carbocycles. The van der Waals surface area contributed by atoms with Crippen LogP contribution in [0.25, 0.3) is 17.0 Å². The molecular formula is C16H16FN5O. The van der Waals surface area contributed by atoms with Crippen molar-refractivity contribution in [3.63, 3.8) is 0 Å². The van der Waals surface area contributed by atoms with E-state index in [0.29, 0.717) is 35.9 Å². The molecule has 1 fully saturated rings. The molecule has 1 aliphatic heterocycles. The van der Waals surface area contributed by atoms with Crippen molar-refractivity contribution in [3.8, 4) is 11.3 Å². The van der Waals surface area contributed by atoms with Crippen LogP contribution in [-0.2, 0) is 4.74 Å². The molecule has 6 nitrogen and oxygen atoms in total. The number of imidazole rings is 1. The highest BCUT2D eigenvalue weighted by Crippen LogP contribution is 2.25. The van der Waals surface area contributed by atoms with E-state index in [1.54, 1.807) is 18.3 Å². The van der Waals surface area contributed by atoms with Crippen molar-refractivity contribution in [2.75, 3.05) is 36.9 Å². The van der Waals surface area contributed by atoms with Crippen LogP contribution >= 0.6 is 0 Å². The maximum atomic E-state index is 14.0. The van der Waals surface area contributed by atoms with E-state index in [0.717, 1.165) is 18.9 Å². The number of hydrogen-bond donors (Lipinski definition) is 1. The van der Waals surface area contributed by atoms with Gasteiger partial charge in [0.15, 0.2) is 0 Å². The monoisotopic (exact) mass is 313 g/mol. The third-order valence-electron chi connectivity index (χ3n) is 3.96. The molecule has 0 amide bonds. The number of fused-ring (bicyclic) bond motifs is 1. The summed E-state index contributed by atoms with van der Waals surface area (Å²) in [6.45, 7) is 3.04. The minimum absolute atomic E-state index is 0.351. The van der Waals surface area contributed by atoms with Crippen molar-refractivity contribution in [1.82, 2.24) is 14.4 Å². The van der Waals surface area contributed by atoms with Crippen LogP contribution in [0.3, 0.4) is 0 Å². The van der Waals surface area contributed by atoms with Crippen LogP contribution in [0.1, 0.15) is 0 Å². The number of rotatable bonds is 2. The van der Waals surface area contributed by atoms with Gasteiger partial charge in [0.05, 0.1) is 25.1 Å². The lowest BCUT2D eigenvalue weighted by Crippen LogP contribution is -2.36. The Bertz CT molecular complexity index is 857. The summed E-state index contributed by atoms with van der Waals surface area (Å²) in [7, 11) is 0. The van der Waals surface area contributed by atoms with Crippen LogP contribution < -0.4 is 10.6 Å². The summed E-state index contributed by atoms with van der Waals surface area (Å²) in [4.78, 5) is 11.0. The highest BCUT2D eigenvalue weighted by Gasteiger charge is 2.16. The Morgan fingerprint density at radius 2 is 2.00 bits per heavy atom. The van der Waals surface area contributed by atoms with Gasteiger partial charge in [-0.1, -0.05) is 0 Å². The van der Waals surface area contributed by atoms with Gasteiger partial charge in [-0.05, 0) is 24.3 Å². The zero-order chi connectivity index (χ0) is 15.8. The predicted octanol–water partition coefficient (Wildman–Crippen LogP) is 1.95. The highest BCUT2D eigenvalue weighted by atomic mass is 19.1. The van der Waals surface area contributed by atoms with Gasteiger partial charge >= 0.3 is 0 Å². The van der Waals surface area contributed by atoms with Crippen LogP contribution in [0.2, 0.25) is 0 Å². The number of nitrogens with two attached hydrogens (primary N) is 1. The maximum Gasteiger partial charge on any atom is 0.235 e. The quantitative estimate of drug-likeness (QED) is 0.732. The molecular weight excluding hydrogens is 297 g/mol. The maximum absolute atomic E-state index is 14.0. The van der Waals surface area contributed by atoms with Crippen LogP contribution in [0.5, 0.6) is 0 Å². The Balaban J connectivity index is 1.76. The third kappa shape index (κ3) is 2.49. The van der Waals surface area contributed by atoms with E-state index >= 15 is 0 Å². The third-order valence-corrected chi connectivity index (χ3v) is 3.96. The van der Waals surface area contributed by atoms with Crippen molar-refractivity contribution in [3.05, 3.63) is 42.5 Å². The summed E-state index contributed by atoms with van der Waals surface area (Å²) in [6.07, 6.45) is 3.64. The SMILES string of the molecule is Nc1ccc(F)c(-c2ccn3c(N4CCOCC4)cnc3n2)c1. The topological polar surface area (TPSA) is 68.7 Å². The van der Waals surface area contributed by atoms with E-state index in [1.165, 1.54) is 12.1 Å². The lowest BCUT2D eigenvalue weighted by atomic mass is 10.1. The number of ether oxygens (including phenoxy) is 1. The van der Waals surface area contributed by atoms with Crippen molar-refractivity contribution in [2.24, 2.45) is 0 Å². The van der Waals surface area contributed by atoms with Gasteiger partial charge < -0.3 is 15.4 Å². The second-order valence-electron chi connectivity index (χ2n) is 5.44. The Kier molecular flexibility index (Phi) is 3.34. The second-order valence-corrected chi connectivity index (χ2v) is 5.44. The first-order valence-electron chi connectivity index (χ1n) is 7.44. The molecule has 1 aromatic carbocycles. The fourth-order valence-corrected chi connectivity index (χ4v) is 2.77. The number of hydrogen-bond acceptors (Lipinski definition) is 5. The molecule has 0 unspecified atom stereocenters. The average Bonchev–Trinajstić information content (AvgIpc) is 3.01. The van der Waals surface area contributed by atoms with Gasteiger partial charge in [0.25, 0.3) is 0 Å². The van der Waals surface area contributed by atoms with Gasteiger partial charge in [-0.15, -0.1) is 0 Å². The average molecular weight is 313 g/mol. The molecule has 0 atom stereocenters. The van der Waals surface area contributed by atoms with Gasteiger partial charge in [-0.3, -0.25) is 4.40 Å². The van der Waals surface area contributed by atoms with Gasteiger partial charge in [0.1, 0.15) is 11.6 Å². The predicted molar refractivity (Wildman–Crippen MR) is 85.8 cm³/mol. The first kappa shape index (κ1) is 14.0.